The Hall–Kier alpha value is -2.63. The normalized spacial score (nSPS) is 14.2. The summed E-state index contributed by atoms with van der Waals surface area (Å²) in [6, 6.07) is 7.49. The molecule has 0 spiro atoms. The highest BCUT2D eigenvalue weighted by Crippen LogP contribution is 2.21. The van der Waals surface area contributed by atoms with Crippen LogP contribution >= 0.6 is 0 Å². The topological polar surface area (TPSA) is 61.4 Å². The fourth-order valence-corrected chi connectivity index (χ4v) is 3.04. The maximum atomic E-state index is 12.5. The van der Waals surface area contributed by atoms with E-state index in [1.807, 2.05) is 37.3 Å². The quantitative estimate of drug-likeness (QED) is 0.907. The number of carbonyl (C=O) groups is 1. The largest absolute Gasteiger partial charge is 0.363 e. The molecule has 3 rings (SSSR count). The molecule has 1 amide bonds. The predicted octanol–water partition coefficient (Wildman–Crippen LogP) is 2.46. The van der Waals surface area contributed by atoms with Crippen LogP contribution in [0.1, 0.15) is 35.2 Å². The molecular weight excluding hydrogens is 314 g/mol. The van der Waals surface area contributed by atoms with Crippen molar-refractivity contribution >= 4 is 17.5 Å². The molecule has 6 heteroatoms. The molecule has 0 saturated carbocycles. The van der Waals surface area contributed by atoms with Crippen LogP contribution in [0.5, 0.6) is 0 Å². The van der Waals surface area contributed by atoms with Gasteiger partial charge in [-0.2, -0.15) is 0 Å². The third-order valence-corrected chi connectivity index (χ3v) is 4.43. The van der Waals surface area contributed by atoms with Crippen LogP contribution in [0.2, 0.25) is 0 Å². The highest BCUT2D eigenvalue weighted by molar-refractivity contribution is 5.94. The van der Waals surface area contributed by atoms with Crippen molar-refractivity contribution < 1.29 is 4.79 Å². The second kappa shape index (κ2) is 7.96. The van der Waals surface area contributed by atoms with E-state index >= 15 is 0 Å². The fourth-order valence-electron chi connectivity index (χ4n) is 3.04. The van der Waals surface area contributed by atoms with E-state index in [0.29, 0.717) is 12.1 Å². The third-order valence-electron chi connectivity index (χ3n) is 4.43. The van der Waals surface area contributed by atoms with Gasteiger partial charge < -0.3 is 15.1 Å². The maximum Gasteiger partial charge on any atom is 0.251 e. The van der Waals surface area contributed by atoms with Crippen LogP contribution in [-0.4, -0.2) is 43.1 Å². The van der Waals surface area contributed by atoms with Crippen molar-refractivity contribution in [2.75, 3.05) is 37.0 Å². The number of hydrogen-bond donors (Lipinski definition) is 1. The van der Waals surface area contributed by atoms with Gasteiger partial charge in [0, 0.05) is 57.3 Å². The van der Waals surface area contributed by atoms with E-state index in [2.05, 4.69) is 20.2 Å². The molecule has 1 N–H and O–H groups in total. The minimum atomic E-state index is -0.0982. The Morgan fingerprint density at radius 3 is 2.72 bits per heavy atom. The zero-order valence-electron chi connectivity index (χ0n) is 14.9. The van der Waals surface area contributed by atoms with Crippen LogP contribution in [0.25, 0.3) is 0 Å². The number of rotatable bonds is 5. The molecule has 6 nitrogen and oxygen atoms in total. The van der Waals surface area contributed by atoms with Crippen molar-refractivity contribution in [1.29, 1.82) is 0 Å². The first-order valence-corrected chi connectivity index (χ1v) is 8.75. The number of carbonyl (C=O) groups excluding carboxylic acids is 1. The van der Waals surface area contributed by atoms with Crippen LogP contribution in [0.3, 0.4) is 0 Å². The van der Waals surface area contributed by atoms with Crippen molar-refractivity contribution in [2.24, 2.45) is 0 Å². The summed E-state index contributed by atoms with van der Waals surface area (Å²) in [5.74, 6) is 1.66. The molecule has 0 bridgehead atoms. The Kier molecular flexibility index (Phi) is 5.48. The third kappa shape index (κ3) is 4.26. The molecule has 0 radical (unpaired) electrons. The zero-order valence-corrected chi connectivity index (χ0v) is 14.9. The van der Waals surface area contributed by atoms with Gasteiger partial charge in [-0.3, -0.25) is 4.79 Å². The Morgan fingerprint density at radius 2 is 1.96 bits per heavy atom. The molecule has 2 aromatic heterocycles. The van der Waals surface area contributed by atoms with Gasteiger partial charge in [0.25, 0.3) is 5.91 Å². The Bertz CT molecular complexity index is 725. The van der Waals surface area contributed by atoms with Crippen LogP contribution < -0.4 is 15.1 Å². The van der Waals surface area contributed by atoms with Gasteiger partial charge in [0.1, 0.15) is 11.6 Å². The molecule has 0 unspecified atom stereocenters. The van der Waals surface area contributed by atoms with E-state index in [0.717, 1.165) is 30.3 Å². The predicted molar refractivity (Wildman–Crippen MR) is 100 cm³/mol. The number of piperidine rings is 1. The fraction of sp³-hybridized carbons (Fsp3) is 0.421. The highest BCUT2D eigenvalue weighted by Gasteiger charge is 2.16. The molecule has 0 aromatic carbocycles. The Morgan fingerprint density at radius 1 is 1.16 bits per heavy atom. The number of aromatic nitrogens is 2. The molecule has 1 aliphatic heterocycles. The average molecular weight is 339 g/mol. The standard InChI is InChI=1S/C19H25N5O/c1-23(2)17-13-15(8-10-20-17)19(25)22-14-16-7-6-9-21-18(16)24-11-4-3-5-12-24/h6-10,13H,3-5,11-12,14H2,1-2H3,(H,22,25). The molecule has 3 heterocycles. The molecule has 1 saturated heterocycles. The van der Waals surface area contributed by atoms with Gasteiger partial charge in [-0.25, -0.2) is 9.97 Å². The summed E-state index contributed by atoms with van der Waals surface area (Å²) in [5, 5.41) is 3.01. The summed E-state index contributed by atoms with van der Waals surface area (Å²) in [5.41, 5.74) is 1.67. The molecule has 1 fully saturated rings. The molecular formula is C19H25N5O. The average Bonchev–Trinajstić information content (AvgIpc) is 2.67. The SMILES string of the molecule is CN(C)c1cc(C(=O)NCc2cccnc2N2CCCCC2)ccn1. The minimum absolute atomic E-state index is 0.0982. The van der Waals surface area contributed by atoms with Crippen LogP contribution in [-0.2, 0) is 6.54 Å². The van der Waals surface area contributed by atoms with Crippen LogP contribution in [0.4, 0.5) is 11.6 Å². The number of nitrogens with zero attached hydrogens (tertiary/aromatic N) is 4. The van der Waals surface area contributed by atoms with Gasteiger partial charge in [0.2, 0.25) is 0 Å². The Labute approximate surface area is 148 Å². The van der Waals surface area contributed by atoms with Gasteiger partial charge in [-0.15, -0.1) is 0 Å². The van der Waals surface area contributed by atoms with Gasteiger partial charge in [0.05, 0.1) is 0 Å². The van der Waals surface area contributed by atoms with Crippen LogP contribution in [0.15, 0.2) is 36.7 Å². The first-order valence-electron chi connectivity index (χ1n) is 8.75. The lowest BCUT2D eigenvalue weighted by Gasteiger charge is -2.29. The van der Waals surface area contributed by atoms with Crippen molar-refractivity contribution in [3.05, 3.63) is 47.8 Å². The molecule has 0 aliphatic carbocycles. The van der Waals surface area contributed by atoms with E-state index < -0.39 is 0 Å². The van der Waals surface area contributed by atoms with Gasteiger partial charge in [0.15, 0.2) is 0 Å². The van der Waals surface area contributed by atoms with Crippen LogP contribution in [0, 0.1) is 0 Å². The van der Waals surface area contributed by atoms with Gasteiger partial charge in [-0.05, 0) is 37.5 Å². The number of hydrogen-bond acceptors (Lipinski definition) is 5. The molecule has 2 aromatic rings. The first-order chi connectivity index (χ1) is 12.1. The second-order valence-electron chi connectivity index (χ2n) is 6.51. The smallest absolute Gasteiger partial charge is 0.251 e. The van der Waals surface area contributed by atoms with Crippen molar-refractivity contribution in [2.45, 2.75) is 25.8 Å². The van der Waals surface area contributed by atoms with Gasteiger partial charge in [-0.1, -0.05) is 6.07 Å². The molecule has 1 aliphatic rings. The number of anilines is 2. The summed E-state index contributed by atoms with van der Waals surface area (Å²) in [6.45, 7) is 2.54. The van der Waals surface area contributed by atoms with E-state index in [1.165, 1.54) is 19.3 Å². The van der Waals surface area contributed by atoms with Gasteiger partial charge >= 0.3 is 0 Å². The van der Waals surface area contributed by atoms with Crippen molar-refractivity contribution in [3.63, 3.8) is 0 Å². The summed E-state index contributed by atoms with van der Waals surface area (Å²) in [7, 11) is 3.81. The lowest BCUT2D eigenvalue weighted by atomic mass is 10.1. The highest BCUT2D eigenvalue weighted by atomic mass is 16.1. The van der Waals surface area contributed by atoms with E-state index in [9.17, 15) is 4.79 Å². The summed E-state index contributed by atoms with van der Waals surface area (Å²) < 4.78 is 0. The van der Waals surface area contributed by atoms with Crippen molar-refractivity contribution in [3.8, 4) is 0 Å². The zero-order chi connectivity index (χ0) is 17.6. The summed E-state index contributed by atoms with van der Waals surface area (Å²) in [6.07, 6.45) is 7.17. The number of amides is 1. The second-order valence-corrected chi connectivity index (χ2v) is 6.51. The number of pyridine rings is 2. The minimum Gasteiger partial charge on any atom is -0.363 e. The molecule has 25 heavy (non-hydrogen) atoms. The number of nitrogens with one attached hydrogen (secondary N) is 1. The van der Waals surface area contributed by atoms with E-state index in [1.54, 1.807) is 18.3 Å². The first kappa shape index (κ1) is 17.2. The lowest BCUT2D eigenvalue weighted by molar-refractivity contribution is 0.0951. The molecule has 0 atom stereocenters. The molecule has 132 valence electrons. The maximum absolute atomic E-state index is 12.5. The monoisotopic (exact) mass is 339 g/mol. The Balaban J connectivity index is 1.69. The lowest BCUT2D eigenvalue weighted by Crippen LogP contribution is -2.32. The van der Waals surface area contributed by atoms with Crippen molar-refractivity contribution in [1.82, 2.24) is 15.3 Å². The van der Waals surface area contributed by atoms with E-state index in [-0.39, 0.29) is 5.91 Å². The summed E-state index contributed by atoms with van der Waals surface area (Å²) in [4.78, 5) is 25.5. The summed E-state index contributed by atoms with van der Waals surface area (Å²) >= 11 is 0. The van der Waals surface area contributed by atoms with E-state index in [4.69, 9.17) is 0 Å².